The summed E-state index contributed by atoms with van der Waals surface area (Å²) in [6.07, 6.45) is 1.84. The highest BCUT2D eigenvalue weighted by Crippen LogP contribution is 2.27. The lowest BCUT2D eigenvalue weighted by atomic mass is 10.1. The molecule has 8 heteroatoms. The monoisotopic (exact) mass is 418 g/mol. The van der Waals surface area contributed by atoms with Crippen LogP contribution in [0.1, 0.15) is 5.56 Å². The van der Waals surface area contributed by atoms with Gasteiger partial charge in [0.15, 0.2) is 0 Å². The Labute approximate surface area is 169 Å². The quantitative estimate of drug-likeness (QED) is 0.768. The maximum atomic E-state index is 12.8. The highest BCUT2D eigenvalue weighted by Gasteiger charge is 2.31. The summed E-state index contributed by atoms with van der Waals surface area (Å²) in [6.45, 7) is 1.36. The van der Waals surface area contributed by atoms with E-state index in [1.165, 1.54) is 16.4 Å². The number of halogens is 1. The lowest BCUT2D eigenvalue weighted by Crippen LogP contribution is -2.51. The summed E-state index contributed by atoms with van der Waals surface area (Å²) in [5, 5.41) is 0.374. The summed E-state index contributed by atoms with van der Waals surface area (Å²) < 4.78 is 32.6. The SMILES string of the molecule is O=C(C1=Cc2ccccc2OC1)N1CCN(S(=O)(=O)c2cccc(Cl)c2)CC1. The van der Waals surface area contributed by atoms with Crippen molar-refractivity contribution in [1.29, 1.82) is 0 Å². The Morgan fingerprint density at radius 1 is 1.00 bits per heavy atom. The van der Waals surface area contributed by atoms with Gasteiger partial charge in [-0.05, 0) is 30.3 Å². The molecule has 1 saturated heterocycles. The van der Waals surface area contributed by atoms with Crippen LogP contribution >= 0.6 is 11.6 Å². The highest BCUT2D eigenvalue weighted by atomic mass is 35.5. The summed E-state index contributed by atoms with van der Waals surface area (Å²) in [5.74, 6) is 0.644. The van der Waals surface area contributed by atoms with Gasteiger partial charge in [-0.3, -0.25) is 4.79 Å². The normalized spacial score (nSPS) is 17.5. The first-order valence-corrected chi connectivity index (χ1v) is 10.7. The van der Waals surface area contributed by atoms with Crippen molar-refractivity contribution in [3.63, 3.8) is 0 Å². The summed E-state index contributed by atoms with van der Waals surface area (Å²) in [5.41, 5.74) is 1.45. The molecule has 2 aliphatic rings. The van der Waals surface area contributed by atoms with Crippen molar-refractivity contribution in [3.8, 4) is 5.75 Å². The van der Waals surface area contributed by atoms with Crippen molar-refractivity contribution in [1.82, 2.24) is 9.21 Å². The Hall–Kier alpha value is -2.35. The fourth-order valence-electron chi connectivity index (χ4n) is 3.35. The molecule has 2 heterocycles. The van der Waals surface area contributed by atoms with Crippen LogP contribution in [0.25, 0.3) is 6.08 Å². The zero-order chi connectivity index (χ0) is 19.7. The van der Waals surface area contributed by atoms with E-state index in [-0.39, 0.29) is 30.5 Å². The number of carbonyl (C=O) groups excluding carboxylic acids is 1. The van der Waals surface area contributed by atoms with E-state index in [0.29, 0.717) is 23.7 Å². The molecule has 0 N–H and O–H groups in total. The first-order valence-electron chi connectivity index (χ1n) is 8.92. The number of hydrogen-bond acceptors (Lipinski definition) is 4. The van der Waals surface area contributed by atoms with E-state index in [0.717, 1.165) is 11.3 Å². The summed E-state index contributed by atoms with van der Waals surface area (Å²) in [7, 11) is -3.63. The number of amides is 1. The average Bonchev–Trinajstić information content (AvgIpc) is 2.73. The Balaban J connectivity index is 1.45. The van der Waals surface area contributed by atoms with Crippen molar-refractivity contribution in [2.75, 3.05) is 32.8 Å². The van der Waals surface area contributed by atoms with Gasteiger partial charge in [-0.2, -0.15) is 4.31 Å². The largest absolute Gasteiger partial charge is 0.488 e. The molecule has 0 aliphatic carbocycles. The van der Waals surface area contributed by atoms with Crippen LogP contribution in [0.3, 0.4) is 0 Å². The minimum Gasteiger partial charge on any atom is -0.488 e. The van der Waals surface area contributed by atoms with Gasteiger partial charge in [0.2, 0.25) is 10.0 Å². The van der Waals surface area contributed by atoms with Crippen molar-refractivity contribution in [2.45, 2.75) is 4.90 Å². The molecule has 28 heavy (non-hydrogen) atoms. The number of nitrogens with zero attached hydrogens (tertiary/aromatic N) is 2. The van der Waals surface area contributed by atoms with Gasteiger partial charge >= 0.3 is 0 Å². The Morgan fingerprint density at radius 3 is 2.50 bits per heavy atom. The number of para-hydroxylation sites is 1. The molecule has 1 fully saturated rings. The summed E-state index contributed by atoms with van der Waals surface area (Å²) >= 11 is 5.92. The molecule has 0 saturated carbocycles. The standard InChI is InChI=1S/C20H19ClN2O4S/c21-17-5-3-6-18(13-17)28(25,26)23-10-8-22(9-11-23)20(24)16-12-15-4-1-2-7-19(15)27-14-16/h1-7,12-13H,8-11,14H2. The van der Waals surface area contributed by atoms with E-state index in [2.05, 4.69) is 0 Å². The van der Waals surface area contributed by atoms with Crippen LogP contribution in [-0.2, 0) is 14.8 Å². The third-order valence-corrected chi connectivity index (χ3v) is 7.00. The third-order valence-electron chi connectivity index (χ3n) is 4.87. The molecule has 0 unspecified atom stereocenters. The van der Waals surface area contributed by atoms with Crippen LogP contribution in [-0.4, -0.2) is 56.3 Å². The van der Waals surface area contributed by atoms with Gasteiger partial charge in [-0.25, -0.2) is 8.42 Å². The van der Waals surface area contributed by atoms with Gasteiger partial charge in [0.25, 0.3) is 5.91 Å². The number of hydrogen-bond donors (Lipinski definition) is 0. The maximum absolute atomic E-state index is 12.8. The van der Waals surface area contributed by atoms with E-state index < -0.39 is 10.0 Å². The molecule has 2 aliphatic heterocycles. The Bertz CT molecular complexity index is 1040. The van der Waals surface area contributed by atoms with E-state index in [4.69, 9.17) is 16.3 Å². The summed E-state index contributed by atoms with van der Waals surface area (Å²) in [6, 6.07) is 13.8. The first-order chi connectivity index (χ1) is 13.4. The smallest absolute Gasteiger partial charge is 0.253 e. The number of carbonyl (C=O) groups is 1. The Morgan fingerprint density at radius 2 is 1.75 bits per heavy atom. The number of benzene rings is 2. The van der Waals surface area contributed by atoms with E-state index in [1.54, 1.807) is 17.0 Å². The number of fused-ring (bicyclic) bond motifs is 1. The molecule has 0 atom stereocenters. The number of ether oxygens (including phenoxy) is 1. The molecule has 1 amide bonds. The fraction of sp³-hybridized carbons (Fsp3) is 0.250. The molecule has 6 nitrogen and oxygen atoms in total. The van der Waals surface area contributed by atoms with Crippen LogP contribution < -0.4 is 4.74 Å². The molecule has 146 valence electrons. The van der Waals surface area contributed by atoms with E-state index >= 15 is 0 Å². The average molecular weight is 419 g/mol. The predicted octanol–water partition coefficient (Wildman–Crippen LogP) is 2.65. The fourth-order valence-corrected chi connectivity index (χ4v) is 5.07. The van der Waals surface area contributed by atoms with Gasteiger partial charge in [-0.15, -0.1) is 0 Å². The molecule has 4 rings (SSSR count). The van der Waals surface area contributed by atoms with Crippen molar-refractivity contribution in [3.05, 3.63) is 64.7 Å². The highest BCUT2D eigenvalue weighted by molar-refractivity contribution is 7.89. The van der Waals surface area contributed by atoms with Crippen molar-refractivity contribution in [2.24, 2.45) is 0 Å². The van der Waals surface area contributed by atoms with E-state index in [1.807, 2.05) is 30.3 Å². The third kappa shape index (κ3) is 3.65. The first kappa shape index (κ1) is 19.0. The lowest BCUT2D eigenvalue weighted by Gasteiger charge is -2.34. The molecular weight excluding hydrogens is 400 g/mol. The molecule has 0 radical (unpaired) electrons. The second-order valence-corrected chi connectivity index (χ2v) is 9.02. The van der Waals surface area contributed by atoms with Crippen molar-refractivity contribution >= 4 is 33.6 Å². The molecular formula is C20H19ClN2O4S. The minimum atomic E-state index is -3.63. The molecule has 0 bridgehead atoms. The van der Waals surface area contributed by atoms with Crippen LogP contribution in [0.2, 0.25) is 5.02 Å². The zero-order valence-electron chi connectivity index (χ0n) is 15.0. The van der Waals surface area contributed by atoms with Gasteiger partial charge in [0, 0.05) is 36.8 Å². The van der Waals surface area contributed by atoms with E-state index in [9.17, 15) is 13.2 Å². The topological polar surface area (TPSA) is 66.9 Å². The van der Waals surface area contributed by atoms with Gasteiger partial charge in [-0.1, -0.05) is 35.9 Å². The van der Waals surface area contributed by atoms with Crippen LogP contribution in [0.5, 0.6) is 5.75 Å². The molecule has 0 spiro atoms. The minimum absolute atomic E-state index is 0.116. The Kier molecular flexibility index (Phi) is 5.14. The second kappa shape index (κ2) is 7.58. The lowest BCUT2D eigenvalue weighted by molar-refractivity contribution is -0.128. The summed E-state index contributed by atoms with van der Waals surface area (Å²) in [4.78, 5) is 14.7. The molecule has 2 aromatic carbocycles. The van der Waals surface area contributed by atoms with Gasteiger partial charge in [0.05, 0.1) is 10.5 Å². The van der Waals surface area contributed by atoms with Crippen molar-refractivity contribution < 1.29 is 17.9 Å². The number of rotatable bonds is 3. The molecule has 2 aromatic rings. The molecule has 0 aromatic heterocycles. The second-order valence-electron chi connectivity index (χ2n) is 6.65. The number of piperazine rings is 1. The zero-order valence-corrected chi connectivity index (χ0v) is 16.6. The number of sulfonamides is 1. The van der Waals surface area contributed by atoms with Crippen LogP contribution in [0, 0.1) is 0 Å². The van der Waals surface area contributed by atoms with Gasteiger partial charge < -0.3 is 9.64 Å². The van der Waals surface area contributed by atoms with Crippen LogP contribution in [0.15, 0.2) is 59.0 Å². The predicted molar refractivity (Wildman–Crippen MR) is 107 cm³/mol. The maximum Gasteiger partial charge on any atom is 0.253 e. The van der Waals surface area contributed by atoms with Gasteiger partial charge in [0.1, 0.15) is 12.4 Å². The van der Waals surface area contributed by atoms with Crippen LogP contribution in [0.4, 0.5) is 0 Å².